The van der Waals surface area contributed by atoms with Crippen LogP contribution in [0.15, 0.2) is 35.4 Å². The SMILES string of the molecule is CC1C(=O)Nc2cc(Nc3ccnc(N)n3)ccc2S1(=O)=O. The fourth-order valence-corrected chi connectivity index (χ4v) is 3.51. The zero-order valence-corrected chi connectivity index (χ0v) is 12.4. The van der Waals surface area contributed by atoms with Gasteiger partial charge in [-0.15, -0.1) is 0 Å². The molecule has 1 aromatic carbocycles. The number of fused-ring (bicyclic) bond motifs is 1. The van der Waals surface area contributed by atoms with Crippen molar-refractivity contribution in [1.29, 1.82) is 0 Å². The average molecular weight is 319 g/mol. The van der Waals surface area contributed by atoms with Gasteiger partial charge < -0.3 is 16.4 Å². The number of amides is 1. The predicted octanol–water partition coefficient (Wildman–Crippen LogP) is 0.917. The molecule has 0 fully saturated rings. The fourth-order valence-electron chi connectivity index (χ4n) is 2.11. The van der Waals surface area contributed by atoms with Crippen molar-refractivity contribution in [2.75, 3.05) is 16.4 Å². The third-order valence-corrected chi connectivity index (χ3v) is 5.44. The van der Waals surface area contributed by atoms with Crippen molar-refractivity contribution in [2.24, 2.45) is 0 Å². The van der Waals surface area contributed by atoms with Crippen molar-refractivity contribution >= 4 is 38.9 Å². The first-order chi connectivity index (χ1) is 10.4. The molecule has 1 amide bonds. The molecule has 114 valence electrons. The summed E-state index contributed by atoms with van der Waals surface area (Å²) in [6.45, 7) is 1.36. The van der Waals surface area contributed by atoms with Crippen LogP contribution in [0.5, 0.6) is 0 Å². The van der Waals surface area contributed by atoms with E-state index in [1.165, 1.54) is 25.3 Å². The summed E-state index contributed by atoms with van der Waals surface area (Å²) in [5, 5.41) is 4.46. The molecule has 0 aliphatic carbocycles. The van der Waals surface area contributed by atoms with E-state index in [0.29, 0.717) is 11.5 Å². The quantitative estimate of drug-likeness (QED) is 0.751. The lowest BCUT2D eigenvalue weighted by Gasteiger charge is -2.22. The first-order valence-corrected chi connectivity index (χ1v) is 7.97. The second-order valence-electron chi connectivity index (χ2n) is 4.81. The number of carbonyl (C=O) groups is 1. The van der Waals surface area contributed by atoms with E-state index in [2.05, 4.69) is 20.6 Å². The highest BCUT2D eigenvalue weighted by Crippen LogP contribution is 2.33. The van der Waals surface area contributed by atoms with Gasteiger partial charge >= 0.3 is 0 Å². The molecule has 2 aromatic rings. The van der Waals surface area contributed by atoms with Gasteiger partial charge in [0.05, 0.1) is 10.6 Å². The molecule has 0 saturated heterocycles. The summed E-state index contributed by atoms with van der Waals surface area (Å²) in [6.07, 6.45) is 1.50. The standard InChI is InChI=1S/C13H13N5O3S/c1-7-12(19)17-9-6-8(2-3-10(9)22(7,20)21)16-11-4-5-15-13(14)18-11/h2-7H,1H3,(H,17,19)(H3,14,15,16,18). The molecule has 1 aromatic heterocycles. The smallest absolute Gasteiger partial charge is 0.242 e. The van der Waals surface area contributed by atoms with Crippen LogP contribution in [0.4, 0.5) is 23.1 Å². The molecule has 9 heteroatoms. The molecule has 0 saturated carbocycles. The fraction of sp³-hybridized carbons (Fsp3) is 0.154. The topological polar surface area (TPSA) is 127 Å². The lowest BCUT2D eigenvalue weighted by molar-refractivity contribution is -0.115. The largest absolute Gasteiger partial charge is 0.368 e. The maximum absolute atomic E-state index is 12.2. The van der Waals surface area contributed by atoms with Crippen molar-refractivity contribution in [2.45, 2.75) is 17.1 Å². The number of hydrogen-bond donors (Lipinski definition) is 3. The Hall–Kier alpha value is -2.68. The first-order valence-electron chi connectivity index (χ1n) is 6.42. The Labute approximate surface area is 126 Å². The molecule has 22 heavy (non-hydrogen) atoms. The maximum Gasteiger partial charge on any atom is 0.242 e. The summed E-state index contributed by atoms with van der Waals surface area (Å²) >= 11 is 0. The number of nitrogen functional groups attached to an aromatic ring is 1. The molecule has 1 aliphatic rings. The summed E-state index contributed by atoms with van der Waals surface area (Å²) < 4.78 is 24.4. The van der Waals surface area contributed by atoms with Crippen LogP contribution in [0.25, 0.3) is 0 Å². The highest BCUT2D eigenvalue weighted by molar-refractivity contribution is 7.93. The van der Waals surface area contributed by atoms with Crippen molar-refractivity contribution in [3.05, 3.63) is 30.5 Å². The molecule has 0 radical (unpaired) electrons. The normalized spacial score (nSPS) is 19.1. The van der Waals surface area contributed by atoms with Crippen LogP contribution < -0.4 is 16.4 Å². The number of sulfone groups is 1. The van der Waals surface area contributed by atoms with Crippen molar-refractivity contribution in [3.63, 3.8) is 0 Å². The summed E-state index contributed by atoms with van der Waals surface area (Å²) in [6, 6.07) is 6.20. The Bertz CT molecular complexity index is 866. The van der Waals surface area contributed by atoms with Crippen LogP contribution >= 0.6 is 0 Å². The molecule has 4 N–H and O–H groups in total. The molecule has 2 heterocycles. The maximum atomic E-state index is 12.2. The van der Waals surface area contributed by atoms with Gasteiger partial charge in [0.25, 0.3) is 0 Å². The molecule has 8 nitrogen and oxygen atoms in total. The number of rotatable bonds is 2. The molecule has 1 unspecified atom stereocenters. The molecular formula is C13H13N5O3S. The Morgan fingerprint density at radius 1 is 1.32 bits per heavy atom. The molecule has 0 spiro atoms. The third-order valence-electron chi connectivity index (χ3n) is 3.33. The minimum absolute atomic E-state index is 0.104. The van der Waals surface area contributed by atoms with Crippen LogP contribution in [0.1, 0.15) is 6.92 Å². The predicted molar refractivity (Wildman–Crippen MR) is 81.4 cm³/mol. The Balaban J connectivity index is 1.98. The van der Waals surface area contributed by atoms with Gasteiger partial charge in [0, 0.05) is 11.9 Å². The van der Waals surface area contributed by atoms with Gasteiger partial charge in [0.2, 0.25) is 11.9 Å². The lowest BCUT2D eigenvalue weighted by Crippen LogP contribution is -2.37. The second-order valence-corrected chi connectivity index (χ2v) is 7.05. The number of nitrogens with one attached hydrogen (secondary N) is 2. The molecule has 0 bridgehead atoms. The van der Waals surface area contributed by atoms with Gasteiger partial charge in [-0.2, -0.15) is 4.98 Å². The van der Waals surface area contributed by atoms with E-state index >= 15 is 0 Å². The van der Waals surface area contributed by atoms with E-state index in [0.717, 1.165) is 0 Å². The molecule has 1 atom stereocenters. The second kappa shape index (κ2) is 4.95. The van der Waals surface area contributed by atoms with Crippen molar-refractivity contribution in [1.82, 2.24) is 9.97 Å². The number of aromatic nitrogens is 2. The number of carbonyl (C=O) groups excluding carboxylic acids is 1. The molecule has 3 rings (SSSR count). The van der Waals surface area contributed by atoms with Crippen LogP contribution in [0, 0.1) is 0 Å². The summed E-state index contributed by atoms with van der Waals surface area (Å²) in [4.78, 5) is 19.6. The number of nitrogens with zero attached hydrogens (tertiary/aromatic N) is 2. The van der Waals surface area contributed by atoms with Gasteiger partial charge in [0.15, 0.2) is 9.84 Å². The van der Waals surface area contributed by atoms with E-state index in [1.807, 2.05) is 0 Å². The Morgan fingerprint density at radius 3 is 2.82 bits per heavy atom. The van der Waals surface area contributed by atoms with Crippen molar-refractivity contribution in [3.8, 4) is 0 Å². The zero-order chi connectivity index (χ0) is 15.9. The number of hydrogen-bond acceptors (Lipinski definition) is 7. The highest BCUT2D eigenvalue weighted by atomic mass is 32.2. The average Bonchev–Trinajstić information content (AvgIpc) is 2.45. The van der Waals surface area contributed by atoms with E-state index in [9.17, 15) is 13.2 Å². The van der Waals surface area contributed by atoms with Crippen LogP contribution in [0.2, 0.25) is 0 Å². The Kier molecular flexibility index (Phi) is 3.21. The van der Waals surface area contributed by atoms with Gasteiger partial charge in [-0.3, -0.25) is 4.79 Å². The monoisotopic (exact) mass is 319 g/mol. The summed E-state index contributed by atoms with van der Waals surface area (Å²) in [7, 11) is -3.65. The molecular weight excluding hydrogens is 306 g/mol. The van der Waals surface area contributed by atoms with Crippen LogP contribution in [-0.2, 0) is 14.6 Å². The summed E-state index contributed by atoms with van der Waals surface area (Å²) in [5.41, 5.74) is 6.31. The zero-order valence-electron chi connectivity index (χ0n) is 11.6. The number of nitrogens with two attached hydrogens (primary N) is 1. The van der Waals surface area contributed by atoms with E-state index in [-0.39, 0.29) is 16.5 Å². The number of benzene rings is 1. The van der Waals surface area contributed by atoms with Gasteiger partial charge in [-0.05, 0) is 31.2 Å². The van der Waals surface area contributed by atoms with Gasteiger partial charge in [-0.1, -0.05) is 0 Å². The number of anilines is 4. The van der Waals surface area contributed by atoms with E-state index in [1.54, 1.807) is 12.1 Å². The van der Waals surface area contributed by atoms with Crippen molar-refractivity contribution < 1.29 is 13.2 Å². The Morgan fingerprint density at radius 2 is 2.09 bits per heavy atom. The summed E-state index contributed by atoms with van der Waals surface area (Å²) in [5.74, 6) is 0.0365. The van der Waals surface area contributed by atoms with Crippen LogP contribution in [0.3, 0.4) is 0 Å². The van der Waals surface area contributed by atoms with Crippen LogP contribution in [-0.4, -0.2) is 29.5 Å². The lowest BCUT2D eigenvalue weighted by atomic mass is 10.2. The van der Waals surface area contributed by atoms with Gasteiger partial charge in [-0.25, -0.2) is 13.4 Å². The highest BCUT2D eigenvalue weighted by Gasteiger charge is 2.36. The van der Waals surface area contributed by atoms with E-state index in [4.69, 9.17) is 5.73 Å². The third kappa shape index (κ3) is 2.35. The minimum atomic E-state index is -3.65. The van der Waals surface area contributed by atoms with Gasteiger partial charge in [0.1, 0.15) is 11.1 Å². The first kappa shape index (κ1) is 14.3. The molecule has 1 aliphatic heterocycles. The minimum Gasteiger partial charge on any atom is -0.368 e. The van der Waals surface area contributed by atoms with E-state index < -0.39 is 21.0 Å².